The van der Waals surface area contributed by atoms with Gasteiger partial charge in [-0.2, -0.15) is 19.6 Å². The van der Waals surface area contributed by atoms with Crippen LogP contribution in [0.4, 0.5) is 5.95 Å². The number of benzene rings is 1. The molecule has 0 amide bonds. The molecule has 0 aliphatic heterocycles. The van der Waals surface area contributed by atoms with Crippen LogP contribution in [0.25, 0.3) is 17.4 Å². The Morgan fingerprint density at radius 3 is 2.74 bits per heavy atom. The summed E-state index contributed by atoms with van der Waals surface area (Å²) in [5.74, 6) is 0.250. The van der Waals surface area contributed by atoms with E-state index in [1.807, 2.05) is 34.8 Å². The van der Waals surface area contributed by atoms with Gasteiger partial charge in [-0.25, -0.2) is 14.8 Å². The number of nitrogens with zero attached hydrogens (tertiary/aromatic N) is 8. The Morgan fingerprint density at radius 1 is 1.23 bits per heavy atom. The fourth-order valence-electron chi connectivity index (χ4n) is 3.77. The van der Waals surface area contributed by atoms with E-state index in [1.165, 1.54) is 0 Å². The number of hydrogen-bond donors (Lipinski definition) is 3. The van der Waals surface area contributed by atoms with Gasteiger partial charge in [-0.1, -0.05) is 12.1 Å². The minimum atomic E-state index is -0.497. The van der Waals surface area contributed by atoms with Gasteiger partial charge in [0.05, 0.1) is 18.6 Å². The molecule has 6 rings (SSSR count). The second kappa shape index (κ2) is 8.24. The molecule has 0 spiro atoms. The van der Waals surface area contributed by atoms with E-state index < -0.39 is 5.69 Å². The predicted octanol–water partition coefficient (Wildman–Crippen LogP) is 0.279. The average molecular weight is 470 g/mol. The summed E-state index contributed by atoms with van der Waals surface area (Å²) in [5, 5.41) is 15.0. The molecule has 0 atom stereocenters. The van der Waals surface area contributed by atoms with Gasteiger partial charge < -0.3 is 19.6 Å². The van der Waals surface area contributed by atoms with E-state index in [-0.39, 0.29) is 17.6 Å². The van der Waals surface area contributed by atoms with Crippen molar-refractivity contribution in [1.29, 1.82) is 0 Å². The summed E-state index contributed by atoms with van der Waals surface area (Å²) in [6.07, 6.45) is 10.7. The van der Waals surface area contributed by atoms with Crippen molar-refractivity contribution in [1.82, 2.24) is 39.1 Å². The van der Waals surface area contributed by atoms with E-state index in [0.717, 1.165) is 24.1 Å². The quantitative estimate of drug-likeness (QED) is 0.323. The van der Waals surface area contributed by atoms with E-state index in [2.05, 4.69) is 37.2 Å². The maximum atomic E-state index is 11.5. The molecular formula is C23H22N10O2. The highest BCUT2D eigenvalue weighted by atomic mass is 16.3. The SMILES string of the molecule is CN(Cc1ccc(-n2ccnc2)cc1)c1nc(=NC2CC2)n2ncc(=Cc3[nH]c(=O)[nH]c3O)c2n1. The Balaban J connectivity index is 1.38. The van der Waals surface area contributed by atoms with Crippen LogP contribution in [-0.2, 0) is 6.54 Å². The summed E-state index contributed by atoms with van der Waals surface area (Å²) < 4.78 is 3.53. The normalized spacial score (nSPS) is 14.8. The van der Waals surface area contributed by atoms with Crippen LogP contribution in [0.3, 0.4) is 0 Å². The first kappa shape index (κ1) is 20.8. The number of aromatic amines is 2. The van der Waals surface area contributed by atoms with Gasteiger partial charge in [-0.05, 0) is 36.6 Å². The maximum absolute atomic E-state index is 11.5. The lowest BCUT2D eigenvalue weighted by atomic mass is 10.2. The summed E-state index contributed by atoms with van der Waals surface area (Å²) in [7, 11) is 1.92. The number of nitrogens with one attached hydrogen (secondary N) is 2. The van der Waals surface area contributed by atoms with Crippen LogP contribution >= 0.6 is 0 Å². The Morgan fingerprint density at radius 2 is 2.06 bits per heavy atom. The topological polar surface area (TPSA) is 145 Å². The Labute approximate surface area is 198 Å². The third-order valence-electron chi connectivity index (χ3n) is 5.75. The van der Waals surface area contributed by atoms with Crippen molar-refractivity contribution in [3.63, 3.8) is 0 Å². The van der Waals surface area contributed by atoms with Gasteiger partial charge in [0.25, 0.3) is 5.62 Å². The van der Waals surface area contributed by atoms with E-state index in [0.29, 0.717) is 29.0 Å². The van der Waals surface area contributed by atoms with Crippen molar-refractivity contribution in [3.8, 4) is 11.6 Å². The van der Waals surface area contributed by atoms with E-state index in [4.69, 9.17) is 9.98 Å². The summed E-state index contributed by atoms with van der Waals surface area (Å²) in [5.41, 5.74) is 2.87. The maximum Gasteiger partial charge on any atom is 0.326 e. The molecule has 0 unspecified atom stereocenters. The van der Waals surface area contributed by atoms with Crippen molar-refractivity contribution in [2.45, 2.75) is 25.4 Å². The zero-order valence-corrected chi connectivity index (χ0v) is 18.8. The molecule has 1 aliphatic carbocycles. The van der Waals surface area contributed by atoms with Crippen molar-refractivity contribution < 1.29 is 5.11 Å². The van der Waals surface area contributed by atoms with Crippen LogP contribution in [-0.4, -0.2) is 57.3 Å². The second-order valence-electron chi connectivity index (χ2n) is 8.50. The lowest BCUT2D eigenvalue weighted by molar-refractivity contribution is 0.454. The lowest BCUT2D eigenvalue weighted by Gasteiger charge is -2.17. The number of hydrogen-bond acceptors (Lipinski definition) is 8. The monoisotopic (exact) mass is 470 g/mol. The van der Waals surface area contributed by atoms with Crippen LogP contribution in [0.15, 0.2) is 59.0 Å². The van der Waals surface area contributed by atoms with E-state index >= 15 is 0 Å². The summed E-state index contributed by atoms with van der Waals surface area (Å²) >= 11 is 0. The highest BCUT2D eigenvalue weighted by molar-refractivity contribution is 5.57. The zero-order valence-electron chi connectivity index (χ0n) is 18.8. The van der Waals surface area contributed by atoms with Gasteiger partial charge in [0.1, 0.15) is 5.69 Å². The molecule has 1 saturated carbocycles. The minimum absolute atomic E-state index is 0.240. The molecule has 1 fully saturated rings. The zero-order chi connectivity index (χ0) is 23.9. The summed E-state index contributed by atoms with van der Waals surface area (Å²) in [6, 6.07) is 8.43. The fraction of sp³-hybridized carbons (Fsp3) is 0.217. The lowest BCUT2D eigenvalue weighted by Crippen LogP contribution is -2.28. The first-order valence-corrected chi connectivity index (χ1v) is 11.1. The van der Waals surface area contributed by atoms with Crippen molar-refractivity contribution in [2.75, 3.05) is 11.9 Å². The smallest absolute Gasteiger partial charge is 0.326 e. The van der Waals surface area contributed by atoms with Crippen molar-refractivity contribution in [3.05, 3.63) is 81.8 Å². The third-order valence-corrected chi connectivity index (χ3v) is 5.75. The number of anilines is 1. The minimum Gasteiger partial charge on any atom is -0.493 e. The highest BCUT2D eigenvalue weighted by Crippen LogP contribution is 2.22. The molecule has 1 aliphatic rings. The third kappa shape index (κ3) is 4.16. The number of aromatic nitrogens is 8. The second-order valence-corrected chi connectivity index (χ2v) is 8.50. The molecular weight excluding hydrogens is 448 g/mol. The molecule has 176 valence electrons. The van der Waals surface area contributed by atoms with Crippen molar-refractivity contribution in [2.24, 2.45) is 4.99 Å². The molecule has 35 heavy (non-hydrogen) atoms. The van der Waals surface area contributed by atoms with Crippen LogP contribution < -0.4 is 21.4 Å². The molecule has 4 heterocycles. The fourth-order valence-corrected chi connectivity index (χ4v) is 3.77. The number of H-pyrrole nitrogens is 2. The molecule has 3 N–H and O–H groups in total. The summed E-state index contributed by atoms with van der Waals surface area (Å²) in [4.78, 5) is 36.6. The molecule has 12 heteroatoms. The van der Waals surface area contributed by atoms with Gasteiger partial charge in [0.2, 0.25) is 11.8 Å². The number of imidazole rings is 2. The van der Waals surface area contributed by atoms with E-state index in [1.54, 1.807) is 29.3 Å². The van der Waals surface area contributed by atoms with Crippen LogP contribution in [0.5, 0.6) is 5.88 Å². The van der Waals surface area contributed by atoms with Gasteiger partial charge >= 0.3 is 5.69 Å². The number of aromatic hydroxyl groups is 1. The standard InChI is InChI=1S/C23H22N10O2/c1-31(12-14-2-6-17(7-3-14)32-9-8-24-13-32)21-28-19-15(10-18-20(34)29-23(35)27-18)11-25-33(19)22(30-21)26-16-4-5-16/h2-3,6-11,13,16,34H,4-5,12H2,1H3,(H2,27,29,35). The number of rotatable bonds is 6. The van der Waals surface area contributed by atoms with Gasteiger partial charge in [-0.3, -0.25) is 4.98 Å². The molecule has 1 aromatic carbocycles. The molecule has 0 saturated heterocycles. The van der Waals surface area contributed by atoms with Crippen LogP contribution in [0.2, 0.25) is 0 Å². The number of fused-ring (bicyclic) bond motifs is 1. The Bertz CT molecular complexity index is 1680. The van der Waals surface area contributed by atoms with Crippen molar-refractivity contribution >= 4 is 17.7 Å². The highest BCUT2D eigenvalue weighted by Gasteiger charge is 2.21. The van der Waals surface area contributed by atoms with E-state index in [9.17, 15) is 9.90 Å². The Hall–Kier alpha value is -4.74. The van der Waals surface area contributed by atoms with Crippen LogP contribution in [0, 0.1) is 0 Å². The van der Waals surface area contributed by atoms with Crippen LogP contribution in [0.1, 0.15) is 24.1 Å². The molecule has 12 nitrogen and oxygen atoms in total. The Kier molecular flexibility index (Phi) is 4.90. The van der Waals surface area contributed by atoms with Gasteiger partial charge in [0, 0.05) is 36.9 Å². The molecule has 0 radical (unpaired) electrons. The first-order valence-electron chi connectivity index (χ1n) is 11.1. The largest absolute Gasteiger partial charge is 0.493 e. The van der Waals surface area contributed by atoms with Gasteiger partial charge in [0.15, 0.2) is 5.65 Å². The molecule has 0 bridgehead atoms. The average Bonchev–Trinajstić information content (AvgIpc) is 3.20. The summed E-state index contributed by atoms with van der Waals surface area (Å²) in [6.45, 7) is 0.586. The predicted molar refractivity (Wildman–Crippen MR) is 127 cm³/mol. The molecule has 4 aromatic heterocycles. The molecule has 5 aromatic rings. The van der Waals surface area contributed by atoms with Gasteiger partial charge in [-0.15, -0.1) is 0 Å². The first-order chi connectivity index (χ1) is 17.0.